The monoisotopic (exact) mass is 390 g/mol. The molecule has 8 heteroatoms. The molecule has 0 aliphatic heterocycles. The molecule has 2 rings (SSSR count). The molecule has 0 aliphatic carbocycles. The first-order valence-electron chi connectivity index (χ1n) is 8.31. The molecule has 0 spiro atoms. The molecule has 0 atom stereocenters. The summed E-state index contributed by atoms with van der Waals surface area (Å²) < 4.78 is 27.0. The van der Waals surface area contributed by atoms with Crippen molar-refractivity contribution >= 4 is 27.6 Å². The average Bonchev–Trinajstić information content (AvgIpc) is 2.62. The van der Waals surface area contributed by atoms with Crippen LogP contribution in [0.5, 0.6) is 0 Å². The number of anilines is 1. The minimum atomic E-state index is -3.69. The standard InChI is InChI=1S/C19H22N2O5S/c1-19(2,18(23)24)12-13-20-17(22)14-8-10-15(11-9-14)21-27(25,26)16-6-4-3-5-7-16/h3-11,21H,12-13H2,1-2H3,(H,20,22)(H,23,24). The minimum absolute atomic E-state index is 0.146. The van der Waals surface area contributed by atoms with Crippen LogP contribution >= 0.6 is 0 Å². The summed E-state index contributed by atoms with van der Waals surface area (Å²) in [5.74, 6) is -1.28. The highest BCUT2D eigenvalue weighted by molar-refractivity contribution is 7.92. The van der Waals surface area contributed by atoms with E-state index in [9.17, 15) is 18.0 Å². The number of carbonyl (C=O) groups excluding carboxylic acids is 1. The van der Waals surface area contributed by atoms with Crippen LogP contribution in [-0.2, 0) is 14.8 Å². The molecule has 0 fully saturated rings. The second-order valence-electron chi connectivity index (χ2n) is 6.69. The summed E-state index contributed by atoms with van der Waals surface area (Å²) in [6.07, 6.45) is 0.295. The second-order valence-corrected chi connectivity index (χ2v) is 8.37. The summed E-state index contributed by atoms with van der Waals surface area (Å²) in [4.78, 5) is 23.3. The van der Waals surface area contributed by atoms with Crippen LogP contribution in [0.3, 0.4) is 0 Å². The van der Waals surface area contributed by atoms with Gasteiger partial charge in [-0.2, -0.15) is 0 Å². The minimum Gasteiger partial charge on any atom is -0.481 e. The zero-order chi connectivity index (χ0) is 20.1. The number of carboxylic acids is 1. The maximum absolute atomic E-state index is 12.3. The molecular weight excluding hydrogens is 368 g/mol. The Morgan fingerprint density at radius 3 is 2.15 bits per heavy atom. The van der Waals surface area contributed by atoms with Gasteiger partial charge < -0.3 is 10.4 Å². The van der Waals surface area contributed by atoms with Crippen molar-refractivity contribution in [2.24, 2.45) is 5.41 Å². The lowest BCUT2D eigenvalue weighted by molar-refractivity contribution is -0.147. The highest BCUT2D eigenvalue weighted by Crippen LogP contribution is 2.20. The molecule has 0 aliphatic rings. The van der Waals surface area contributed by atoms with Crippen molar-refractivity contribution in [2.75, 3.05) is 11.3 Å². The number of carbonyl (C=O) groups is 2. The van der Waals surface area contributed by atoms with Crippen molar-refractivity contribution in [3.8, 4) is 0 Å². The van der Waals surface area contributed by atoms with Gasteiger partial charge in [0.1, 0.15) is 0 Å². The third-order valence-electron chi connectivity index (χ3n) is 4.07. The number of amides is 1. The van der Waals surface area contributed by atoms with E-state index in [1.807, 2.05) is 0 Å². The Labute approximate surface area is 158 Å². The summed E-state index contributed by atoms with van der Waals surface area (Å²) in [6.45, 7) is 3.41. The summed E-state index contributed by atoms with van der Waals surface area (Å²) in [6, 6.07) is 14.0. The third kappa shape index (κ3) is 5.55. The maximum Gasteiger partial charge on any atom is 0.309 e. The quantitative estimate of drug-likeness (QED) is 0.641. The Balaban J connectivity index is 1.97. The molecule has 0 saturated carbocycles. The van der Waals surface area contributed by atoms with E-state index in [-0.39, 0.29) is 17.3 Å². The molecule has 0 radical (unpaired) electrons. The number of benzene rings is 2. The lowest BCUT2D eigenvalue weighted by Crippen LogP contribution is -2.31. The zero-order valence-electron chi connectivity index (χ0n) is 15.1. The Kier molecular flexibility index (Phi) is 6.22. The fraction of sp³-hybridized carbons (Fsp3) is 0.263. The van der Waals surface area contributed by atoms with Crippen molar-refractivity contribution in [3.05, 3.63) is 60.2 Å². The van der Waals surface area contributed by atoms with Crippen LogP contribution in [-0.4, -0.2) is 31.9 Å². The van der Waals surface area contributed by atoms with Gasteiger partial charge in [0.25, 0.3) is 15.9 Å². The summed E-state index contributed by atoms with van der Waals surface area (Å²) in [7, 11) is -3.69. The molecule has 3 N–H and O–H groups in total. The summed E-state index contributed by atoms with van der Waals surface area (Å²) >= 11 is 0. The number of hydrogen-bond acceptors (Lipinski definition) is 4. The maximum atomic E-state index is 12.3. The lowest BCUT2D eigenvalue weighted by Gasteiger charge is -2.18. The van der Waals surface area contributed by atoms with Crippen molar-refractivity contribution < 1.29 is 23.1 Å². The van der Waals surface area contributed by atoms with Gasteiger partial charge in [-0.15, -0.1) is 0 Å². The van der Waals surface area contributed by atoms with Gasteiger partial charge in [0, 0.05) is 17.8 Å². The van der Waals surface area contributed by atoms with E-state index >= 15 is 0 Å². The van der Waals surface area contributed by atoms with Gasteiger partial charge in [-0.25, -0.2) is 8.42 Å². The van der Waals surface area contributed by atoms with Crippen LogP contribution in [0.1, 0.15) is 30.6 Å². The number of nitrogens with one attached hydrogen (secondary N) is 2. The van der Waals surface area contributed by atoms with Gasteiger partial charge in [0.05, 0.1) is 10.3 Å². The number of hydrogen-bond donors (Lipinski definition) is 3. The first-order valence-corrected chi connectivity index (χ1v) is 9.80. The number of aliphatic carboxylic acids is 1. The molecule has 0 saturated heterocycles. The fourth-order valence-corrected chi connectivity index (χ4v) is 3.28. The second kappa shape index (κ2) is 8.22. The molecular formula is C19H22N2O5S. The van der Waals surface area contributed by atoms with Gasteiger partial charge in [0.15, 0.2) is 0 Å². The highest BCUT2D eigenvalue weighted by atomic mass is 32.2. The molecule has 27 heavy (non-hydrogen) atoms. The van der Waals surface area contributed by atoms with Crippen LogP contribution in [0, 0.1) is 5.41 Å². The summed E-state index contributed by atoms with van der Waals surface area (Å²) in [5, 5.41) is 11.7. The molecule has 2 aromatic rings. The summed E-state index contributed by atoms with van der Waals surface area (Å²) in [5.41, 5.74) is -0.236. The van der Waals surface area contributed by atoms with Crippen LogP contribution in [0.2, 0.25) is 0 Å². The first kappa shape index (κ1) is 20.4. The van der Waals surface area contributed by atoms with E-state index in [2.05, 4.69) is 10.0 Å². The number of rotatable bonds is 8. The first-order chi connectivity index (χ1) is 12.6. The molecule has 0 aromatic heterocycles. The van der Waals surface area contributed by atoms with Crippen molar-refractivity contribution in [1.29, 1.82) is 0 Å². The zero-order valence-corrected chi connectivity index (χ0v) is 15.9. The Morgan fingerprint density at radius 1 is 1.00 bits per heavy atom. The van der Waals surface area contributed by atoms with Gasteiger partial charge >= 0.3 is 5.97 Å². The largest absolute Gasteiger partial charge is 0.481 e. The molecule has 2 aromatic carbocycles. The van der Waals surface area contributed by atoms with Gasteiger partial charge in [-0.05, 0) is 56.7 Å². The highest BCUT2D eigenvalue weighted by Gasteiger charge is 2.26. The van der Waals surface area contributed by atoms with E-state index in [1.165, 1.54) is 36.4 Å². The van der Waals surface area contributed by atoms with Gasteiger partial charge in [-0.1, -0.05) is 18.2 Å². The fourth-order valence-electron chi connectivity index (χ4n) is 2.20. The predicted molar refractivity (Wildman–Crippen MR) is 102 cm³/mol. The van der Waals surface area contributed by atoms with Crippen LogP contribution in [0.15, 0.2) is 59.5 Å². The Hall–Kier alpha value is -2.87. The van der Waals surface area contributed by atoms with E-state index in [4.69, 9.17) is 5.11 Å². The number of sulfonamides is 1. The molecule has 144 valence electrons. The van der Waals surface area contributed by atoms with Crippen LogP contribution in [0.25, 0.3) is 0 Å². The topological polar surface area (TPSA) is 113 Å². The predicted octanol–water partition coefficient (Wildman–Crippen LogP) is 2.72. The van der Waals surface area contributed by atoms with Crippen molar-refractivity contribution in [2.45, 2.75) is 25.2 Å². The smallest absolute Gasteiger partial charge is 0.309 e. The lowest BCUT2D eigenvalue weighted by atomic mass is 9.90. The normalized spacial score (nSPS) is 11.6. The average molecular weight is 390 g/mol. The van der Waals surface area contributed by atoms with E-state index in [1.54, 1.807) is 32.0 Å². The van der Waals surface area contributed by atoms with Crippen molar-refractivity contribution in [1.82, 2.24) is 5.32 Å². The molecule has 0 heterocycles. The molecule has 7 nitrogen and oxygen atoms in total. The van der Waals surface area contributed by atoms with E-state index in [0.29, 0.717) is 17.7 Å². The Morgan fingerprint density at radius 2 is 1.59 bits per heavy atom. The molecule has 0 bridgehead atoms. The Bertz CT molecular complexity index is 907. The van der Waals surface area contributed by atoms with Crippen molar-refractivity contribution in [3.63, 3.8) is 0 Å². The van der Waals surface area contributed by atoms with Crippen LogP contribution in [0.4, 0.5) is 5.69 Å². The number of carboxylic acid groups (broad SMARTS) is 1. The van der Waals surface area contributed by atoms with Gasteiger partial charge in [-0.3, -0.25) is 14.3 Å². The molecule has 1 amide bonds. The van der Waals surface area contributed by atoms with Crippen LogP contribution < -0.4 is 10.0 Å². The van der Waals surface area contributed by atoms with E-state index < -0.39 is 21.4 Å². The SMILES string of the molecule is CC(C)(CCNC(=O)c1ccc(NS(=O)(=O)c2ccccc2)cc1)C(=O)O. The third-order valence-corrected chi connectivity index (χ3v) is 5.46. The van der Waals surface area contributed by atoms with Gasteiger partial charge in [0.2, 0.25) is 0 Å². The molecule has 0 unspecified atom stereocenters. The van der Waals surface area contributed by atoms with E-state index in [0.717, 1.165) is 0 Å².